The van der Waals surface area contributed by atoms with Crippen LogP contribution in [0.3, 0.4) is 0 Å². The molecular formula is C19H14BrN5O4. The van der Waals surface area contributed by atoms with E-state index < -0.39 is 12.1 Å². The molecule has 4 rings (SSSR count). The predicted octanol–water partition coefficient (Wildman–Crippen LogP) is 2.64. The molecule has 0 fully saturated rings. The summed E-state index contributed by atoms with van der Waals surface area (Å²) in [7, 11) is 0. The van der Waals surface area contributed by atoms with Gasteiger partial charge in [0.15, 0.2) is 17.6 Å². The van der Waals surface area contributed by atoms with Crippen molar-refractivity contribution in [2.75, 3.05) is 5.32 Å². The van der Waals surface area contributed by atoms with E-state index in [9.17, 15) is 9.59 Å². The number of aliphatic imine (C=N–C) groups is 2. The van der Waals surface area contributed by atoms with Gasteiger partial charge in [0.05, 0.1) is 16.5 Å². The van der Waals surface area contributed by atoms with Crippen LogP contribution in [-0.4, -0.2) is 23.0 Å². The van der Waals surface area contributed by atoms with Crippen molar-refractivity contribution in [2.24, 2.45) is 15.7 Å². The first-order valence-electron chi connectivity index (χ1n) is 8.40. The van der Waals surface area contributed by atoms with Gasteiger partial charge in [-0.2, -0.15) is 0 Å². The maximum atomic E-state index is 12.9. The molecule has 0 saturated heterocycles. The fraction of sp³-hybridized carbons (Fsp3) is 0.0526. The molecular weight excluding hydrogens is 442 g/mol. The third-order valence-corrected chi connectivity index (χ3v) is 4.69. The molecule has 1 atom stereocenters. The van der Waals surface area contributed by atoms with E-state index in [1.807, 2.05) is 0 Å². The summed E-state index contributed by atoms with van der Waals surface area (Å²) in [4.78, 5) is 32.4. The lowest BCUT2D eigenvalue weighted by molar-refractivity contribution is 0.0697. The van der Waals surface area contributed by atoms with Crippen molar-refractivity contribution in [3.8, 4) is 0 Å². The molecule has 3 aromatic rings. The Bertz CT molecular complexity index is 1230. The van der Waals surface area contributed by atoms with Gasteiger partial charge < -0.3 is 20.6 Å². The molecule has 0 amide bonds. The van der Waals surface area contributed by atoms with Gasteiger partial charge in [0, 0.05) is 10.2 Å². The number of carboxylic acid groups (broad SMARTS) is 1. The number of hydrogen-bond acceptors (Lipinski definition) is 8. The number of hydrogen-bond donors (Lipinski definition) is 4. The number of benzene rings is 2. The van der Waals surface area contributed by atoms with E-state index in [-0.39, 0.29) is 28.5 Å². The van der Waals surface area contributed by atoms with Crippen LogP contribution >= 0.6 is 15.9 Å². The molecule has 1 aromatic heterocycles. The fourth-order valence-electron chi connectivity index (χ4n) is 2.80. The molecule has 0 bridgehead atoms. The lowest BCUT2D eigenvalue weighted by Gasteiger charge is -2.20. The topological polar surface area (TPSA) is 142 Å². The Morgan fingerprint density at radius 1 is 1.21 bits per heavy atom. The van der Waals surface area contributed by atoms with Crippen molar-refractivity contribution in [3.05, 3.63) is 74.6 Å². The standard InChI is InChI=1S/C19H14BrN5O4/c20-10-3-6-14-12(7-10)15(26)13(8-29-14)16-23-18(21)25-19(24-16)22-11-4-1-9(2-5-11)17(27)28/h1-8,16H,(H,27,28)(H4,21,22,23,24,25)/t16-/m1/s1. The Morgan fingerprint density at radius 3 is 2.69 bits per heavy atom. The van der Waals surface area contributed by atoms with Crippen molar-refractivity contribution in [3.63, 3.8) is 0 Å². The van der Waals surface area contributed by atoms with Crippen molar-refractivity contribution >= 4 is 50.5 Å². The van der Waals surface area contributed by atoms with Gasteiger partial charge in [-0.05, 0) is 42.5 Å². The quantitative estimate of drug-likeness (QED) is 0.475. The number of anilines is 1. The Kier molecular flexibility index (Phi) is 4.77. The van der Waals surface area contributed by atoms with E-state index in [1.165, 1.54) is 18.4 Å². The molecule has 0 aliphatic carbocycles. The zero-order chi connectivity index (χ0) is 20.5. The van der Waals surface area contributed by atoms with Crippen LogP contribution < -0.4 is 21.8 Å². The van der Waals surface area contributed by atoms with Gasteiger partial charge in [-0.3, -0.25) is 10.1 Å². The van der Waals surface area contributed by atoms with Crippen LogP contribution in [0.15, 0.2) is 72.4 Å². The zero-order valence-electron chi connectivity index (χ0n) is 14.7. The molecule has 5 N–H and O–H groups in total. The lowest BCUT2D eigenvalue weighted by atomic mass is 10.1. The minimum atomic E-state index is -1.02. The summed E-state index contributed by atoms with van der Waals surface area (Å²) < 4.78 is 6.31. The van der Waals surface area contributed by atoms with Crippen LogP contribution in [0.4, 0.5) is 5.69 Å². The summed E-state index contributed by atoms with van der Waals surface area (Å²) in [5.74, 6) is -0.682. The molecule has 0 spiro atoms. The van der Waals surface area contributed by atoms with E-state index in [2.05, 4.69) is 36.5 Å². The zero-order valence-corrected chi connectivity index (χ0v) is 16.3. The van der Waals surface area contributed by atoms with Crippen LogP contribution in [0, 0.1) is 0 Å². The van der Waals surface area contributed by atoms with Crippen molar-refractivity contribution < 1.29 is 14.3 Å². The van der Waals surface area contributed by atoms with Crippen LogP contribution in [-0.2, 0) is 0 Å². The second-order valence-electron chi connectivity index (χ2n) is 6.16. The molecule has 0 radical (unpaired) electrons. The second-order valence-corrected chi connectivity index (χ2v) is 7.07. The smallest absolute Gasteiger partial charge is 0.335 e. The average molecular weight is 456 g/mol. The minimum Gasteiger partial charge on any atom is -0.478 e. The average Bonchev–Trinajstić information content (AvgIpc) is 2.68. The number of guanidine groups is 2. The van der Waals surface area contributed by atoms with E-state index in [0.29, 0.717) is 16.7 Å². The molecule has 29 heavy (non-hydrogen) atoms. The number of nitrogens with zero attached hydrogens (tertiary/aromatic N) is 2. The number of aromatic carboxylic acids is 1. The Balaban J connectivity index is 1.67. The van der Waals surface area contributed by atoms with Crippen LogP contribution in [0.5, 0.6) is 0 Å². The van der Waals surface area contributed by atoms with Crippen LogP contribution in [0.1, 0.15) is 22.1 Å². The number of carbonyl (C=O) groups is 1. The minimum absolute atomic E-state index is 0.0726. The van der Waals surface area contributed by atoms with Crippen LogP contribution in [0.2, 0.25) is 0 Å². The Morgan fingerprint density at radius 2 is 1.97 bits per heavy atom. The van der Waals surface area contributed by atoms with Gasteiger partial charge in [-0.25, -0.2) is 14.8 Å². The molecule has 9 nitrogen and oxygen atoms in total. The van der Waals surface area contributed by atoms with Gasteiger partial charge in [0.2, 0.25) is 5.96 Å². The Labute approximate surface area is 172 Å². The lowest BCUT2D eigenvalue weighted by Crippen LogP contribution is -2.44. The molecule has 0 saturated carbocycles. The highest BCUT2D eigenvalue weighted by molar-refractivity contribution is 9.10. The van der Waals surface area contributed by atoms with Crippen LogP contribution in [0.25, 0.3) is 11.0 Å². The van der Waals surface area contributed by atoms with Crippen molar-refractivity contribution in [1.29, 1.82) is 0 Å². The largest absolute Gasteiger partial charge is 0.478 e. The first-order chi connectivity index (χ1) is 13.9. The molecule has 1 aliphatic heterocycles. The molecule has 146 valence electrons. The summed E-state index contributed by atoms with van der Waals surface area (Å²) in [6.07, 6.45) is 0.436. The summed E-state index contributed by atoms with van der Waals surface area (Å²) in [5.41, 5.74) is 7.03. The highest BCUT2D eigenvalue weighted by Gasteiger charge is 2.21. The van der Waals surface area contributed by atoms with Gasteiger partial charge in [-0.15, -0.1) is 0 Å². The number of nitrogens with one attached hydrogen (secondary N) is 2. The van der Waals surface area contributed by atoms with E-state index in [1.54, 1.807) is 30.3 Å². The molecule has 1 aliphatic rings. The van der Waals surface area contributed by atoms with E-state index >= 15 is 0 Å². The number of carboxylic acids is 1. The molecule has 2 aromatic carbocycles. The number of halogens is 1. The first-order valence-corrected chi connectivity index (χ1v) is 9.19. The summed E-state index contributed by atoms with van der Waals surface area (Å²) in [6, 6.07) is 11.2. The van der Waals surface area contributed by atoms with Gasteiger partial charge in [0.1, 0.15) is 11.8 Å². The number of rotatable bonds is 3. The first kappa shape index (κ1) is 18.7. The Hall–Kier alpha value is -3.66. The van der Waals surface area contributed by atoms with Gasteiger partial charge in [0.25, 0.3) is 0 Å². The number of nitrogens with two attached hydrogens (primary N) is 1. The maximum absolute atomic E-state index is 12.9. The van der Waals surface area contributed by atoms with Gasteiger partial charge in [-0.1, -0.05) is 15.9 Å². The predicted molar refractivity (Wildman–Crippen MR) is 112 cm³/mol. The SMILES string of the molecule is NC1=N[C@@H](c2coc3ccc(Br)cc3c2=O)N=C(Nc2ccc(C(=O)O)cc2)N1. The number of fused-ring (bicyclic) bond motifs is 1. The van der Waals surface area contributed by atoms with Gasteiger partial charge >= 0.3 is 5.97 Å². The fourth-order valence-corrected chi connectivity index (χ4v) is 3.16. The highest BCUT2D eigenvalue weighted by Crippen LogP contribution is 2.23. The highest BCUT2D eigenvalue weighted by atomic mass is 79.9. The third kappa shape index (κ3) is 3.83. The normalized spacial score (nSPS) is 16.0. The van der Waals surface area contributed by atoms with Crippen molar-refractivity contribution in [1.82, 2.24) is 5.32 Å². The summed E-state index contributed by atoms with van der Waals surface area (Å²) >= 11 is 3.34. The third-order valence-electron chi connectivity index (χ3n) is 4.19. The van der Waals surface area contributed by atoms with Crippen molar-refractivity contribution in [2.45, 2.75) is 6.17 Å². The molecule has 10 heteroatoms. The molecule has 0 unspecified atom stereocenters. The summed E-state index contributed by atoms with van der Waals surface area (Å²) in [6.45, 7) is 0. The second kappa shape index (κ2) is 7.40. The molecule has 2 heterocycles. The van der Waals surface area contributed by atoms with E-state index in [0.717, 1.165) is 4.47 Å². The summed E-state index contributed by atoms with van der Waals surface area (Å²) in [5, 5.41) is 15.1. The van der Waals surface area contributed by atoms with E-state index in [4.69, 9.17) is 15.3 Å². The monoisotopic (exact) mass is 455 g/mol. The maximum Gasteiger partial charge on any atom is 0.335 e.